The van der Waals surface area contributed by atoms with Crippen molar-refractivity contribution in [3.05, 3.63) is 64.1 Å². The molecule has 2 aromatic carbocycles. The number of amides is 1. The van der Waals surface area contributed by atoms with E-state index in [1.165, 1.54) is 5.56 Å². The number of aryl methyl sites for hydroxylation is 1. The quantitative estimate of drug-likeness (QED) is 0.720. The highest BCUT2D eigenvalue weighted by atomic mass is 79.9. The zero-order chi connectivity index (χ0) is 15.9. The van der Waals surface area contributed by atoms with E-state index in [4.69, 9.17) is 5.73 Å². The predicted octanol–water partition coefficient (Wildman–Crippen LogP) is 4.13. The molecule has 3 N–H and O–H groups in total. The van der Waals surface area contributed by atoms with Gasteiger partial charge in [0, 0.05) is 16.2 Å². The zero-order valence-corrected chi connectivity index (χ0v) is 15.5. The summed E-state index contributed by atoms with van der Waals surface area (Å²) >= 11 is 3.43. The smallest absolute Gasteiger partial charge is 0.224 e. The molecular formula is C18H22BrClN2O. The van der Waals surface area contributed by atoms with Crippen LogP contribution in [0.4, 0.5) is 5.69 Å². The van der Waals surface area contributed by atoms with Gasteiger partial charge >= 0.3 is 0 Å². The molecule has 0 radical (unpaired) electrons. The zero-order valence-electron chi connectivity index (χ0n) is 13.1. The van der Waals surface area contributed by atoms with Crippen molar-refractivity contribution in [1.82, 2.24) is 5.32 Å². The summed E-state index contributed by atoms with van der Waals surface area (Å²) in [6.45, 7) is 2.04. The molecule has 0 aliphatic carbocycles. The minimum absolute atomic E-state index is 0. The van der Waals surface area contributed by atoms with Gasteiger partial charge in [-0.25, -0.2) is 0 Å². The first-order valence-electron chi connectivity index (χ1n) is 7.41. The molecule has 3 nitrogen and oxygen atoms in total. The second kappa shape index (κ2) is 9.58. The van der Waals surface area contributed by atoms with Crippen LogP contribution in [0.15, 0.2) is 53.0 Å². The van der Waals surface area contributed by atoms with Gasteiger partial charge in [-0.1, -0.05) is 40.2 Å². The second-order valence-corrected chi connectivity index (χ2v) is 6.47. The number of hydrogen-bond donors (Lipinski definition) is 2. The van der Waals surface area contributed by atoms with Gasteiger partial charge in [-0.05, 0) is 55.2 Å². The fourth-order valence-corrected chi connectivity index (χ4v) is 2.52. The normalized spacial score (nSPS) is 11.4. The molecule has 1 unspecified atom stereocenters. The number of carbonyl (C=O) groups is 1. The summed E-state index contributed by atoms with van der Waals surface area (Å²) < 4.78 is 1.08. The lowest BCUT2D eigenvalue weighted by Gasteiger charge is -2.14. The second-order valence-electron chi connectivity index (χ2n) is 5.55. The Balaban J connectivity index is 0.00000264. The van der Waals surface area contributed by atoms with E-state index in [0.717, 1.165) is 22.9 Å². The number of carbonyl (C=O) groups excluding carboxylic acids is 1. The van der Waals surface area contributed by atoms with Crippen LogP contribution in [0, 0.1) is 0 Å². The Bertz CT molecular complexity index is 614. The monoisotopic (exact) mass is 396 g/mol. The maximum Gasteiger partial charge on any atom is 0.224 e. The van der Waals surface area contributed by atoms with Gasteiger partial charge in [0.25, 0.3) is 0 Å². The van der Waals surface area contributed by atoms with E-state index in [0.29, 0.717) is 12.1 Å². The minimum atomic E-state index is 0. The van der Waals surface area contributed by atoms with Crippen LogP contribution in [0.2, 0.25) is 0 Å². The molecule has 2 rings (SSSR count). The Labute approximate surface area is 152 Å². The number of benzene rings is 2. The van der Waals surface area contributed by atoms with Crippen LogP contribution in [0.3, 0.4) is 0 Å². The fraction of sp³-hybridized carbons (Fsp3) is 0.278. The first kappa shape index (κ1) is 19.5. The molecule has 0 aliphatic heterocycles. The lowest BCUT2D eigenvalue weighted by atomic mass is 10.1. The molecule has 0 saturated heterocycles. The molecule has 1 atom stereocenters. The SMILES string of the molecule is CC(CCc1ccc(Br)cc1)NC(=O)Cc1ccc(N)cc1.Cl. The first-order chi connectivity index (χ1) is 10.5. The third-order valence-electron chi connectivity index (χ3n) is 3.53. The molecule has 0 saturated carbocycles. The van der Waals surface area contributed by atoms with Crippen molar-refractivity contribution in [2.24, 2.45) is 0 Å². The van der Waals surface area contributed by atoms with Crippen molar-refractivity contribution in [2.75, 3.05) is 5.73 Å². The third kappa shape index (κ3) is 7.06. The number of anilines is 1. The third-order valence-corrected chi connectivity index (χ3v) is 4.06. The van der Waals surface area contributed by atoms with Crippen LogP contribution in [0.25, 0.3) is 0 Å². The standard InChI is InChI=1S/C18H21BrN2O.ClH/c1-13(2-3-14-4-8-16(19)9-5-14)21-18(22)12-15-6-10-17(20)11-7-15;/h4-11,13H,2-3,12,20H2,1H3,(H,21,22);1H. The maximum atomic E-state index is 12.0. The lowest BCUT2D eigenvalue weighted by Crippen LogP contribution is -2.34. The Hall–Kier alpha value is -1.52. The predicted molar refractivity (Wildman–Crippen MR) is 102 cm³/mol. The summed E-state index contributed by atoms with van der Waals surface area (Å²) in [5.74, 6) is 0.0491. The molecule has 23 heavy (non-hydrogen) atoms. The van der Waals surface area contributed by atoms with Crippen molar-refractivity contribution in [1.29, 1.82) is 0 Å². The van der Waals surface area contributed by atoms with Crippen molar-refractivity contribution >= 4 is 39.9 Å². The summed E-state index contributed by atoms with van der Waals surface area (Å²) in [6.07, 6.45) is 2.27. The maximum absolute atomic E-state index is 12.0. The van der Waals surface area contributed by atoms with Crippen LogP contribution < -0.4 is 11.1 Å². The summed E-state index contributed by atoms with van der Waals surface area (Å²) in [5, 5.41) is 3.05. The lowest BCUT2D eigenvalue weighted by molar-refractivity contribution is -0.121. The van der Waals surface area contributed by atoms with Gasteiger partial charge in [-0.2, -0.15) is 0 Å². The first-order valence-corrected chi connectivity index (χ1v) is 8.20. The molecule has 0 spiro atoms. The molecule has 1 amide bonds. The largest absolute Gasteiger partial charge is 0.399 e. The average molecular weight is 398 g/mol. The average Bonchev–Trinajstić information content (AvgIpc) is 2.49. The van der Waals surface area contributed by atoms with Gasteiger partial charge in [-0.3, -0.25) is 4.79 Å². The Kier molecular flexibility index (Phi) is 8.13. The van der Waals surface area contributed by atoms with E-state index in [1.807, 2.05) is 43.3 Å². The van der Waals surface area contributed by atoms with Crippen molar-refractivity contribution in [3.63, 3.8) is 0 Å². The molecule has 0 fully saturated rings. The highest BCUT2D eigenvalue weighted by Crippen LogP contribution is 2.12. The van der Waals surface area contributed by atoms with Gasteiger partial charge in [0.15, 0.2) is 0 Å². The number of nitrogen functional groups attached to an aromatic ring is 1. The van der Waals surface area contributed by atoms with E-state index in [2.05, 4.69) is 33.4 Å². The molecule has 2 aromatic rings. The molecule has 0 heterocycles. The van der Waals surface area contributed by atoms with E-state index in [1.54, 1.807) is 0 Å². The van der Waals surface area contributed by atoms with Crippen LogP contribution in [-0.2, 0) is 17.6 Å². The molecule has 124 valence electrons. The Morgan fingerprint density at radius 3 is 2.26 bits per heavy atom. The molecule has 0 aliphatic rings. The van der Waals surface area contributed by atoms with Gasteiger partial charge in [-0.15, -0.1) is 12.4 Å². The number of hydrogen-bond acceptors (Lipinski definition) is 2. The Morgan fingerprint density at radius 2 is 1.65 bits per heavy atom. The summed E-state index contributed by atoms with van der Waals surface area (Å²) in [5.41, 5.74) is 8.61. The number of halogens is 2. The van der Waals surface area contributed by atoms with Gasteiger partial charge in [0.1, 0.15) is 0 Å². The highest BCUT2D eigenvalue weighted by molar-refractivity contribution is 9.10. The minimum Gasteiger partial charge on any atom is -0.399 e. The van der Waals surface area contributed by atoms with Crippen LogP contribution in [-0.4, -0.2) is 11.9 Å². The van der Waals surface area contributed by atoms with E-state index in [-0.39, 0.29) is 24.4 Å². The fourth-order valence-electron chi connectivity index (χ4n) is 2.25. The summed E-state index contributed by atoms with van der Waals surface area (Å²) in [4.78, 5) is 12.0. The van der Waals surface area contributed by atoms with Crippen molar-refractivity contribution < 1.29 is 4.79 Å². The summed E-state index contributed by atoms with van der Waals surface area (Å²) in [6, 6.07) is 15.9. The number of nitrogens with two attached hydrogens (primary N) is 1. The van der Waals surface area contributed by atoms with Gasteiger partial charge < -0.3 is 11.1 Å². The van der Waals surface area contributed by atoms with Crippen molar-refractivity contribution in [3.8, 4) is 0 Å². The van der Waals surface area contributed by atoms with E-state index < -0.39 is 0 Å². The molecular weight excluding hydrogens is 376 g/mol. The van der Waals surface area contributed by atoms with Gasteiger partial charge in [0.2, 0.25) is 5.91 Å². The Morgan fingerprint density at radius 1 is 1.09 bits per heavy atom. The van der Waals surface area contributed by atoms with E-state index in [9.17, 15) is 4.79 Å². The van der Waals surface area contributed by atoms with Crippen LogP contribution in [0.1, 0.15) is 24.5 Å². The topological polar surface area (TPSA) is 55.1 Å². The summed E-state index contributed by atoms with van der Waals surface area (Å²) in [7, 11) is 0. The highest BCUT2D eigenvalue weighted by Gasteiger charge is 2.08. The van der Waals surface area contributed by atoms with Crippen molar-refractivity contribution in [2.45, 2.75) is 32.2 Å². The van der Waals surface area contributed by atoms with Crippen LogP contribution >= 0.6 is 28.3 Å². The van der Waals surface area contributed by atoms with Gasteiger partial charge in [0.05, 0.1) is 6.42 Å². The number of nitrogens with one attached hydrogen (secondary N) is 1. The molecule has 0 aromatic heterocycles. The number of rotatable bonds is 6. The van der Waals surface area contributed by atoms with E-state index >= 15 is 0 Å². The van der Waals surface area contributed by atoms with Crippen LogP contribution in [0.5, 0.6) is 0 Å². The molecule has 0 bridgehead atoms. The molecule has 5 heteroatoms.